The van der Waals surface area contributed by atoms with Crippen molar-refractivity contribution in [1.29, 1.82) is 0 Å². The van der Waals surface area contributed by atoms with Crippen LogP contribution in [0.1, 0.15) is 55.4 Å². The van der Waals surface area contributed by atoms with Crippen LogP contribution in [-0.4, -0.2) is 48.0 Å². The number of pyridine rings is 1. The molecule has 0 spiro atoms. The Bertz CT molecular complexity index is 1640. The number of nitrogens with zero attached hydrogens (tertiary/aromatic N) is 6. The van der Waals surface area contributed by atoms with Crippen LogP contribution in [0.15, 0.2) is 35.0 Å². The van der Waals surface area contributed by atoms with Gasteiger partial charge < -0.3 is 18.9 Å². The maximum Gasteiger partial charge on any atom is 0.134 e. The Morgan fingerprint density at radius 1 is 1.11 bits per heavy atom. The van der Waals surface area contributed by atoms with Gasteiger partial charge in [0.2, 0.25) is 0 Å². The van der Waals surface area contributed by atoms with Crippen molar-refractivity contribution in [2.45, 2.75) is 52.2 Å². The van der Waals surface area contributed by atoms with Crippen molar-refractivity contribution < 1.29 is 18.8 Å². The highest BCUT2D eigenvalue weighted by Gasteiger charge is 2.33. The smallest absolute Gasteiger partial charge is 0.134 e. The van der Waals surface area contributed by atoms with E-state index in [1.807, 2.05) is 27.0 Å². The fourth-order valence-electron chi connectivity index (χ4n) is 5.82. The van der Waals surface area contributed by atoms with E-state index in [2.05, 4.69) is 26.1 Å². The monoisotopic (exact) mass is 518 g/mol. The minimum atomic E-state index is -1.37. The Morgan fingerprint density at radius 2 is 1.87 bits per heavy atom. The third kappa shape index (κ3) is 3.99. The number of halogens is 1. The van der Waals surface area contributed by atoms with Crippen LogP contribution in [0, 0.1) is 25.6 Å². The van der Waals surface area contributed by atoms with E-state index in [4.69, 9.17) is 14.2 Å². The highest BCUT2D eigenvalue weighted by atomic mass is 19.1. The van der Waals surface area contributed by atoms with Crippen molar-refractivity contribution >= 4 is 21.9 Å². The minimum absolute atomic E-state index is 0.200. The van der Waals surface area contributed by atoms with Crippen LogP contribution in [0.25, 0.3) is 33.2 Å². The number of aromatic nitrogens is 6. The number of benzene rings is 1. The van der Waals surface area contributed by atoms with Crippen LogP contribution in [0.2, 0.25) is 0 Å². The molecule has 5 heterocycles. The molecular formula is C28H31FN6O3. The topological polar surface area (TPSA) is 104 Å². The highest BCUT2D eigenvalue weighted by molar-refractivity contribution is 6.07. The van der Waals surface area contributed by atoms with Gasteiger partial charge in [0.25, 0.3) is 0 Å². The molecule has 10 heteroatoms. The molecule has 0 aliphatic carbocycles. The predicted octanol–water partition coefficient (Wildman–Crippen LogP) is 4.97. The van der Waals surface area contributed by atoms with Crippen molar-refractivity contribution in [2.24, 2.45) is 13.0 Å². The third-order valence-corrected chi connectivity index (χ3v) is 7.59. The molecule has 0 bridgehead atoms. The van der Waals surface area contributed by atoms with Gasteiger partial charge >= 0.3 is 0 Å². The van der Waals surface area contributed by atoms with Crippen LogP contribution in [-0.2, 0) is 17.4 Å². The second-order valence-corrected chi connectivity index (χ2v) is 10.8. The molecule has 6 rings (SSSR count). The number of hydrogen-bond donors (Lipinski definition) is 1. The molecule has 4 aromatic heterocycles. The fourth-order valence-corrected chi connectivity index (χ4v) is 5.82. The summed E-state index contributed by atoms with van der Waals surface area (Å²) >= 11 is 0. The Balaban J connectivity index is 1.71. The molecule has 9 nitrogen and oxygen atoms in total. The Hall–Kier alpha value is -3.63. The lowest BCUT2D eigenvalue weighted by Gasteiger charge is -2.31. The average Bonchev–Trinajstić information content (AvgIpc) is 3.54. The quantitative estimate of drug-likeness (QED) is 0.350. The SMILES string of the molecule is Cc1cc([C@H](C2CCOCC2)n2c3cc(C(C)(C)O)c(F)cc3c3ncc(-c4c(C)nnn4C)cc32)no1. The van der Waals surface area contributed by atoms with Crippen LogP contribution in [0.4, 0.5) is 4.39 Å². The van der Waals surface area contributed by atoms with Crippen molar-refractivity contribution in [3.8, 4) is 11.3 Å². The lowest BCUT2D eigenvalue weighted by molar-refractivity contribution is 0.0543. The summed E-state index contributed by atoms with van der Waals surface area (Å²) in [5.74, 6) is 0.449. The largest absolute Gasteiger partial charge is 0.386 e. The molecule has 1 N–H and O–H groups in total. The summed E-state index contributed by atoms with van der Waals surface area (Å²) in [5.41, 5.74) is 4.46. The number of aliphatic hydroxyl groups is 1. The van der Waals surface area contributed by atoms with E-state index in [0.717, 1.165) is 52.3 Å². The Labute approximate surface area is 219 Å². The zero-order chi connectivity index (χ0) is 26.8. The lowest BCUT2D eigenvalue weighted by Crippen LogP contribution is -2.27. The highest BCUT2D eigenvalue weighted by Crippen LogP contribution is 2.42. The Kier molecular flexibility index (Phi) is 5.84. The van der Waals surface area contributed by atoms with Crippen LogP contribution in [0.3, 0.4) is 0 Å². The zero-order valence-electron chi connectivity index (χ0n) is 22.2. The van der Waals surface area contributed by atoms with Gasteiger partial charge in [-0.2, -0.15) is 0 Å². The molecule has 5 aromatic rings. The van der Waals surface area contributed by atoms with Gasteiger partial charge in [0.05, 0.1) is 39.6 Å². The van der Waals surface area contributed by atoms with E-state index in [0.29, 0.717) is 24.1 Å². The normalized spacial score (nSPS) is 16.1. The van der Waals surface area contributed by atoms with Gasteiger partial charge in [-0.3, -0.25) is 4.98 Å². The molecule has 0 amide bonds. The minimum Gasteiger partial charge on any atom is -0.386 e. The van der Waals surface area contributed by atoms with Crippen LogP contribution >= 0.6 is 0 Å². The molecule has 1 aliphatic rings. The molecular weight excluding hydrogens is 487 g/mol. The summed E-state index contributed by atoms with van der Waals surface area (Å²) in [4.78, 5) is 4.84. The molecule has 198 valence electrons. The number of rotatable bonds is 5. The van der Waals surface area contributed by atoms with Gasteiger partial charge in [0.1, 0.15) is 17.3 Å². The first-order valence-electron chi connectivity index (χ1n) is 12.9. The van der Waals surface area contributed by atoms with Gasteiger partial charge in [-0.1, -0.05) is 10.4 Å². The van der Waals surface area contributed by atoms with Crippen LogP contribution in [0.5, 0.6) is 0 Å². The van der Waals surface area contributed by atoms with E-state index in [1.165, 1.54) is 6.07 Å². The summed E-state index contributed by atoms with van der Waals surface area (Å²) in [5, 5.41) is 24.3. The standard InChI is InChI=1S/C28H31FN6O3/c1-15-10-22(32-38-15)27(17-6-8-37-9-7-17)35-23-13-20(28(3,4)36)21(29)12-19(23)25-24(35)11-18(14-30-25)26-16(2)31-33-34(26)5/h10-14,17,27,36H,6-9H2,1-5H3/t27-/m0/s1. The molecule has 1 atom stereocenters. The van der Waals surface area contributed by atoms with Crippen molar-refractivity contribution in [1.82, 2.24) is 29.7 Å². The molecule has 1 aliphatic heterocycles. The summed E-state index contributed by atoms with van der Waals surface area (Å²) in [6.07, 6.45) is 3.47. The third-order valence-electron chi connectivity index (χ3n) is 7.59. The van der Waals surface area contributed by atoms with E-state index >= 15 is 4.39 Å². The lowest BCUT2D eigenvalue weighted by atomic mass is 9.89. The second-order valence-electron chi connectivity index (χ2n) is 10.8. The summed E-state index contributed by atoms with van der Waals surface area (Å²) in [6.45, 7) is 8.29. The number of aryl methyl sites for hydroxylation is 3. The molecule has 1 aromatic carbocycles. The van der Waals surface area contributed by atoms with Gasteiger partial charge in [-0.25, -0.2) is 9.07 Å². The molecule has 0 unspecified atom stereocenters. The Morgan fingerprint density at radius 3 is 2.50 bits per heavy atom. The van der Waals surface area contributed by atoms with E-state index in [1.54, 1.807) is 30.8 Å². The molecule has 1 fully saturated rings. The summed E-state index contributed by atoms with van der Waals surface area (Å²) in [7, 11) is 1.85. The maximum atomic E-state index is 15.4. The number of fused-ring (bicyclic) bond motifs is 3. The van der Waals surface area contributed by atoms with Crippen molar-refractivity contribution in [3.05, 3.63) is 59.0 Å². The maximum absolute atomic E-state index is 15.4. The van der Waals surface area contributed by atoms with Gasteiger partial charge in [0, 0.05) is 49.0 Å². The van der Waals surface area contributed by atoms with Gasteiger partial charge in [0.15, 0.2) is 0 Å². The molecule has 1 saturated heterocycles. The van der Waals surface area contributed by atoms with Crippen molar-refractivity contribution in [2.75, 3.05) is 13.2 Å². The number of hydrogen-bond acceptors (Lipinski definition) is 7. The van der Waals surface area contributed by atoms with Gasteiger partial charge in [-0.05, 0) is 64.7 Å². The average molecular weight is 519 g/mol. The van der Waals surface area contributed by atoms with Gasteiger partial charge in [-0.15, -0.1) is 5.10 Å². The zero-order valence-corrected chi connectivity index (χ0v) is 22.2. The van der Waals surface area contributed by atoms with E-state index < -0.39 is 11.4 Å². The van der Waals surface area contributed by atoms with E-state index in [9.17, 15) is 5.11 Å². The first-order valence-corrected chi connectivity index (χ1v) is 12.9. The molecule has 38 heavy (non-hydrogen) atoms. The fraction of sp³-hybridized carbons (Fsp3) is 0.429. The first kappa shape index (κ1) is 24.7. The summed E-state index contributed by atoms with van der Waals surface area (Å²) < 4.78 is 30.5. The van der Waals surface area contributed by atoms with E-state index in [-0.39, 0.29) is 17.5 Å². The number of ether oxygens (including phenoxy) is 1. The van der Waals surface area contributed by atoms with Crippen molar-refractivity contribution in [3.63, 3.8) is 0 Å². The molecule has 0 radical (unpaired) electrons. The summed E-state index contributed by atoms with van der Waals surface area (Å²) in [6, 6.07) is 7.06. The van der Waals surface area contributed by atoms with Crippen LogP contribution < -0.4 is 0 Å². The first-order chi connectivity index (χ1) is 18.1. The predicted molar refractivity (Wildman–Crippen MR) is 140 cm³/mol. The molecule has 0 saturated carbocycles. The second kappa shape index (κ2) is 8.99.